The van der Waals surface area contributed by atoms with Crippen molar-refractivity contribution in [3.63, 3.8) is 0 Å². The fourth-order valence-electron chi connectivity index (χ4n) is 2.32. The van der Waals surface area contributed by atoms with Gasteiger partial charge in [-0.3, -0.25) is 4.79 Å². The Morgan fingerprint density at radius 1 is 1.24 bits per heavy atom. The number of aryl methyl sites for hydroxylation is 1. The van der Waals surface area contributed by atoms with E-state index in [9.17, 15) is 4.79 Å². The number of hydrogen-bond donors (Lipinski definition) is 0. The van der Waals surface area contributed by atoms with Crippen LogP contribution in [0.4, 0.5) is 0 Å². The first kappa shape index (κ1) is 10.7. The summed E-state index contributed by atoms with van der Waals surface area (Å²) in [6.07, 6.45) is 3.98. The topological polar surface area (TPSA) is 34.9 Å². The van der Waals surface area contributed by atoms with Crippen LogP contribution >= 0.6 is 15.9 Å². The number of aldehydes is 1. The van der Waals surface area contributed by atoms with Crippen LogP contribution in [-0.2, 0) is 12.8 Å². The molecule has 0 saturated carbocycles. The Morgan fingerprint density at radius 2 is 2.00 bits per heavy atom. The monoisotopic (exact) mass is 290 g/mol. The first-order valence-electron chi connectivity index (χ1n) is 5.61. The van der Waals surface area contributed by atoms with Crippen LogP contribution in [0.1, 0.15) is 28.2 Å². The van der Waals surface area contributed by atoms with Crippen LogP contribution in [0, 0.1) is 0 Å². The fourth-order valence-corrected chi connectivity index (χ4v) is 2.58. The number of hydrogen-bond acceptors (Lipinski definition) is 2. The number of halogens is 1. The lowest BCUT2D eigenvalue weighted by Crippen LogP contribution is -2.03. The third kappa shape index (κ3) is 1.72. The van der Waals surface area contributed by atoms with Gasteiger partial charge in [0.2, 0.25) is 0 Å². The summed E-state index contributed by atoms with van der Waals surface area (Å²) in [6, 6.07) is 7.83. The molecule has 0 bridgehead atoms. The minimum atomic E-state index is 0.708. The van der Waals surface area contributed by atoms with Crippen molar-refractivity contribution in [1.82, 2.24) is 9.78 Å². The summed E-state index contributed by atoms with van der Waals surface area (Å²) < 4.78 is 2.78. The van der Waals surface area contributed by atoms with Crippen molar-refractivity contribution in [2.45, 2.75) is 19.3 Å². The Morgan fingerprint density at radius 3 is 2.71 bits per heavy atom. The summed E-state index contributed by atoms with van der Waals surface area (Å²) in [4.78, 5) is 11.2. The summed E-state index contributed by atoms with van der Waals surface area (Å²) in [5.41, 5.74) is 3.85. The zero-order chi connectivity index (χ0) is 11.8. The summed E-state index contributed by atoms with van der Waals surface area (Å²) >= 11 is 3.40. The Balaban J connectivity index is 2.15. The SMILES string of the molecule is O=Cc1c2c(nn1-c1ccc(Br)cc1)CCC2. The van der Waals surface area contributed by atoms with Gasteiger partial charge in [-0.2, -0.15) is 5.10 Å². The van der Waals surface area contributed by atoms with Gasteiger partial charge in [0.05, 0.1) is 11.4 Å². The Hall–Kier alpha value is -1.42. The minimum Gasteiger partial charge on any atom is -0.296 e. The first-order chi connectivity index (χ1) is 8.29. The molecule has 1 aliphatic rings. The van der Waals surface area contributed by atoms with Crippen molar-refractivity contribution in [3.05, 3.63) is 45.7 Å². The molecule has 86 valence electrons. The molecule has 0 amide bonds. The Kier molecular flexibility index (Phi) is 2.59. The second kappa shape index (κ2) is 4.11. The minimum absolute atomic E-state index is 0.708. The molecule has 0 aliphatic heterocycles. The smallest absolute Gasteiger partial charge is 0.168 e. The highest BCUT2D eigenvalue weighted by atomic mass is 79.9. The van der Waals surface area contributed by atoms with Crippen LogP contribution < -0.4 is 0 Å². The van der Waals surface area contributed by atoms with E-state index in [0.717, 1.165) is 47.0 Å². The highest BCUT2D eigenvalue weighted by Crippen LogP contribution is 2.26. The summed E-state index contributed by atoms with van der Waals surface area (Å²) in [6.45, 7) is 0. The van der Waals surface area contributed by atoms with E-state index in [1.54, 1.807) is 4.68 Å². The van der Waals surface area contributed by atoms with Gasteiger partial charge in [-0.15, -0.1) is 0 Å². The van der Waals surface area contributed by atoms with Crippen molar-refractivity contribution < 1.29 is 4.79 Å². The maximum Gasteiger partial charge on any atom is 0.168 e. The third-order valence-corrected chi connectivity index (χ3v) is 3.66. The number of carbonyl (C=O) groups excluding carboxylic acids is 1. The van der Waals surface area contributed by atoms with E-state index in [-0.39, 0.29) is 0 Å². The number of fused-ring (bicyclic) bond motifs is 1. The van der Waals surface area contributed by atoms with Crippen molar-refractivity contribution in [2.24, 2.45) is 0 Å². The van der Waals surface area contributed by atoms with Gasteiger partial charge >= 0.3 is 0 Å². The van der Waals surface area contributed by atoms with Gasteiger partial charge in [0.1, 0.15) is 5.69 Å². The zero-order valence-electron chi connectivity index (χ0n) is 9.19. The number of benzene rings is 1. The molecule has 0 radical (unpaired) electrons. The van der Waals surface area contributed by atoms with Crippen LogP contribution in [0.15, 0.2) is 28.7 Å². The van der Waals surface area contributed by atoms with Crippen molar-refractivity contribution >= 4 is 22.2 Å². The average Bonchev–Trinajstić information content (AvgIpc) is 2.89. The van der Waals surface area contributed by atoms with Gasteiger partial charge in [-0.1, -0.05) is 15.9 Å². The van der Waals surface area contributed by atoms with Gasteiger partial charge in [0.15, 0.2) is 6.29 Å². The normalized spacial score (nSPS) is 13.7. The molecule has 0 unspecified atom stereocenters. The number of rotatable bonds is 2. The molecule has 0 N–H and O–H groups in total. The molecule has 0 saturated heterocycles. The lowest BCUT2D eigenvalue weighted by Gasteiger charge is -2.04. The number of carbonyl (C=O) groups is 1. The summed E-state index contributed by atoms with van der Waals surface area (Å²) in [5.74, 6) is 0. The standard InChI is InChI=1S/C13H11BrN2O/c14-9-4-6-10(7-5-9)16-13(8-17)11-2-1-3-12(11)15-16/h4-8H,1-3H2. The van der Waals surface area contributed by atoms with Crippen LogP contribution in [-0.4, -0.2) is 16.1 Å². The van der Waals surface area contributed by atoms with E-state index in [4.69, 9.17) is 0 Å². The number of aromatic nitrogens is 2. The number of nitrogens with zero attached hydrogens (tertiary/aromatic N) is 2. The van der Waals surface area contributed by atoms with Gasteiger partial charge in [-0.05, 0) is 43.5 Å². The van der Waals surface area contributed by atoms with E-state index >= 15 is 0 Å². The lowest BCUT2D eigenvalue weighted by molar-refractivity contribution is 0.111. The molecule has 1 aliphatic carbocycles. The predicted molar refractivity (Wildman–Crippen MR) is 68.7 cm³/mol. The van der Waals surface area contributed by atoms with Gasteiger partial charge in [0, 0.05) is 10.0 Å². The highest BCUT2D eigenvalue weighted by Gasteiger charge is 2.22. The molecule has 3 rings (SSSR count). The van der Waals surface area contributed by atoms with E-state index in [1.807, 2.05) is 24.3 Å². The Labute approximate surface area is 108 Å². The molecule has 1 aromatic heterocycles. The van der Waals surface area contributed by atoms with Gasteiger partial charge in [0.25, 0.3) is 0 Å². The third-order valence-electron chi connectivity index (χ3n) is 3.13. The molecule has 4 heteroatoms. The molecular formula is C13H11BrN2O. The molecule has 1 heterocycles. The van der Waals surface area contributed by atoms with Crippen LogP contribution in [0.3, 0.4) is 0 Å². The van der Waals surface area contributed by atoms with E-state index in [1.165, 1.54) is 0 Å². The summed E-state index contributed by atoms with van der Waals surface area (Å²) in [5, 5.41) is 4.53. The van der Waals surface area contributed by atoms with Crippen LogP contribution in [0.25, 0.3) is 5.69 Å². The van der Waals surface area contributed by atoms with Crippen molar-refractivity contribution in [2.75, 3.05) is 0 Å². The molecule has 17 heavy (non-hydrogen) atoms. The molecule has 0 spiro atoms. The van der Waals surface area contributed by atoms with Crippen molar-refractivity contribution in [3.8, 4) is 5.69 Å². The maximum atomic E-state index is 11.2. The second-order valence-corrected chi connectivity index (χ2v) is 5.09. The van der Waals surface area contributed by atoms with Crippen LogP contribution in [0.5, 0.6) is 0 Å². The van der Waals surface area contributed by atoms with E-state index < -0.39 is 0 Å². The fraction of sp³-hybridized carbons (Fsp3) is 0.231. The molecule has 3 nitrogen and oxygen atoms in total. The van der Waals surface area contributed by atoms with Gasteiger partial charge < -0.3 is 0 Å². The highest BCUT2D eigenvalue weighted by molar-refractivity contribution is 9.10. The zero-order valence-corrected chi connectivity index (χ0v) is 10.8. The van der Waals surface area contributed by atoms with Crippen LogP contribution in [0.2, 0.25) is 0 Å². The first-order valence-corrected chi connectivity index (χ1v) is 6.41. The molecule has 2 aromatic rings. The Bertz CT molecular complexity index is 572. The quantitative estimate of drug-likeness (QED) is 0.797. The largest absolute Gasteiger partial charge is 0.296 e. The lowest BCUT2D eigenvalue weighted by atomic mass is 10.2. The summed E-state index contributed by atoms with van der Waals surface area (Å²) in [7, 11) is 0. The molecule has 1 aromatic carbocycles. The van der Waals surface area contributed by atoms with E-state index in [0.29, 0.717) is 5.69 Å². The predicted octanol–water partition coefficient (Wildman–Crippen LogP) is 2.94. The second-order valence-electron chi connectivity index (χ2n) is 4.17. The molecule has 0 atom stereocenters. The molecule has 0 fully saturated rings. The van der Waals surface area contributed by atoms with Gasteiger partial charge in [-0.25, -0.2) is 4.68 Å². The van der Waals surface area contributed by atoms with Crippen molar-refractivity contribution in [1.29, 1.82) is 0 Å². The van der Waals surface area contributed by atoms with E-state index in [2.05, 4.69) is 21.0 Å². The maximum absolute atomic E-state index is 11.2. The molecular weight excluding hydrogens is 280 g/mol. The average molecular weight is 291 g/mol.